The van der Waals surface area contributed by atoms with Crippen molar-refractivity contribution in [2.45, 2.75) is 51.7 Å². The van der Waals surface area contributed by atoms with Gasteiger partial charge in [-0.1, -0.05) is 17.3 Å². The van der Waals surface area contributed by atoms with E-state index in [9.17, 15) is 4.79 Å². The molecule has 1 aliphatic heterocycles. The summed E-state index contributed by atoms with van der Waals surface area (Å²) in [5.74, 6) is 2.00. The number of nitrogens with zero attached hydrogens (tertiary/aromatic N) is 2. The Kier molecular flexibility index (Phi) is 6.26. The molecule has 0 atom stereocenters. The van der Waals surface area contributed by atoms with Crippen molar-refractivity contribution >= 4 is 12.2 Å². The normalized spacial score (nSPS) is 16.3. The van der Waals surface area contributed by atoms with Crippen molar-refractivity contribution in [1.29, 1.82) is 0 Å². The first-order valence-corrected chi connectivity index (χ1v) is 11.5. The predicted octanol–water partition coefficient (Wildman–Crippen LogP) is 4.39. The second kappa shape index (κ2) is 9.62. The number of hydrogen-bond donors (Lipinski definition) is 1. The van der Waals surface area contributed by atoms with Crippen molar-refractivity contribution < 1.29 is 18.7 Å². The molecule has 8 heteroatoms. The number of fused-ring (bicyclic) bond motifs is 1. The molecule has 0 amide bonds. The monoisotopic (exact) mass is 449 g/mol. The molecular formula is C25H27N3O5. The first-order chi connectivity index (χ1) is 16.2. The first kappa shape index (κ1) is 21.5. The Morgan fingerprint density at radius 3 is 2.97 bits per heavy atom. The third kappa shape index (κ3) is 4.71. The molecule has 0 saturated heterocycles. The Labute approximate surface area is 191 Å². The molecule has 0 bridgehead atoms. The van der Waals surface area contributed by atoms with E-state index in [1.807, 2.05) is 31.2 Å². The van der Waals surface area contributed by atoms with E-state index < -0.39 is 0 Å². The Bertz CT molecular complexity index is 1210. The fraction of sp³-hybridized carbons (Fsp3) is 0.400. The van der Waals surface area contributed by atoms with E-state index in [1.54, 1.807) is 12.1 Å². The van der Waals surface area contributed by atoms with Crippen molar-refractivity contribution in [3.05, 3.63) is 57.3 Å². The second-order valence-electron chi connectivity index (χ2n) is 8.24. The van der Waals surface area contributed by atoms with Crippen LogP contribution in [0.25, 0.3) is 23.5 Å². The van der Waals surface area contributed by atoms with Gasteiger partial charge in [0, 0.05) is 23.8 Å². The molecule has 1 fully saturated rings. The van der Waals surface area contributed by atoms with Crippen LogP contribution in [-0.2, 0) is 17.8 Å². The van der Waals surface area contributed by atoms with Crippen molar-refractivity contribution in [1.82, 2.24) is 15.1 Å². The van der Waals surface area contributed by atoms with Crippen LogP contribution in [0.3, 0.4) is 0 Å². The van der Waals surface area contributed by atoms with Gasteiger partial charge in [0.25, 0.3) is 11.4 Å². The van der Waals surface area contributed by atoms with Crippen molar-refractivity contribution in [2.24, 2.45) is 0 Å². The second-order valence-corrected chi connectivity index (χ2v) is 8.24. The summed E-state index contributed by atoms with van der Waals surface area (Å²) in [5.41, 5.74) is 2.85. The van der Waals surface area contributed by atoms with Gasteiger partial charge in [0.15, 0.2) is 11.5 Å². The van der Waals surface area contributed by atoms with Gasteiger partial charge in [0.05, 0.1) is 31.5 Å². The zero-order valence-electron chi connectivity index (χ0n) is 18.6. The van der Waals surface area contributed by atoms with Crippen molar-refractivity contribution in [2.75, 3.05) is 13.2 Å². The third-order valence-corrected chi connectivity index (χ3v) is 5.95. The zero-order chi connectivity index (χ0) is 22.6. The van der Waals surface area contributed by atoms with Gasteiger partial charge in [-0.25, -0.2) is 0 Å². The van der Waals surface area contributed by atoms with Crippen LogP contribution >= 0.6 is 0 Å². The molecule has 5 rings (SSSR count). The van der Waals surface area contributed by atoms with Gasteiger partial charge >= 0.3 is 0 Å². The lowest BCUT2D eigenvalue weighted by molar-refractivity contribution is 0.109. The minimum absolute atomic E-state index is 0.202. The summed E-state index contributed by atoms with van der Waals surface area (Å²) in [6, 6.07) is 7.60. The van der Waals surface area contributed by atoms with E-state index in [4.69, 9.17) is 18.7 Å². The van der Waals surface area contributed by atoms with Crippen molar-refractivity contribution in [3.8, 4) is 22.9 Å². The molecule has 3 aromatic rings. The minimum atomic E-state index is -0.233. The van der Waals surface area contributed by atoms with E-state index in [-0.39, 0.29) is 17.5 Å². The highest BCUT2D eigenvalue weighted by Crippen LogP contribution is 2.36. The summed E-state index contributed by atoms with van der Waals surface area (Å²) in [6.45, 7) is 3.58. The van der Waals surface area contributed by atoms with Crippen molar-refractivity contribution in [3.63, 3.8) is 0 Å². The number of para-hydroxylation sites is 1. The third-order valence-electron chi connectivity index (χ3n) is 5.95. The van der Waals surface area contributed by atoms with Crippen LogP contribution in [0.2, 0.25) is 0 Å². The molecule has 3 heterocycles. The van der Waals surface area contributed by atoms with Crippen LogP contribution in [0.1, 0.15) is 55.3 Å². The maximum absolute atomic E-state index is 12.5. The van der Waals surface area contributed by atoms with Crippen LogP contribution in [0.15, 0.2) is 33.6 Å². The standard InChI is InChI=1S/C25H27N3O5/c1-2-31-21-9-5-6-16(23(21)32-18-7-3-4-8-18)10-11-22-27-24(28-33-22)19-14-17-15-30-13-12-20(17)26-25(19)29/h5-6,9-11,14,18H,2-4,7-8,12-13,15H2,1H3,(H,26,29)/b11-10+. The number of H-pyrrole nitrogens is 1. The maximum atomic E-state index is 12.5. The molecule has 0 unspecified atom stereocenters. The summed E-state index contributed by atoms with van der Waals surface area (Å²) in [6.07, 6.45) is 8.96. The quantitative estimate of drug-likeness (QED) is 0.571. The number of pyridine rings is 1. The Hall–Kier alpha value is -3.39. The number of rotatable bonds is 7. The molecule has 1 aromatic carbocycles. The number of hydrogen-bond acceptors (Lipinski definition) is 7. The molecule has 33 heavy (non-hydrogen) atoms. The van der Waals surface area contributed by atoms with E-state index in [1.165, 1.54) is 12.8 Å². The largest absolute Gasteiger partial charge is 0.490 e. The highest BCUT2D eigenvalue weighted by Gasteiger charge is 2.21. The fourth-order valence-corrected chi connectivity index (χ4v) is 4.29. The van der Waals surface area contributed by atoms with Gasteiger partial charge in [0.2, 0.25) is 5.82 Å². The number of aromatic nitrogens is 3. The molecule has 1 saturated carbocycles. The smallest absolute Gasteiger partial charge is 0.259 e. The van der Waals surface area contributed by atoms with Gasteiger partial charge in [-0.2, -0.15) is 4.98 Å². The lowest BCUT2D eigenvalue weighted by atomic mass is 10.1. The lowest BCUT2D eigenvalue weighted by Crippen LogP contribution is -2.19. The van der Waals surface area contributed by atoms with Gasteiger partial charge in [-0.05, 0) is 56.4 Å². The maximum Gasteiger partial charge on any atom is 0.259 e. The summed E-state index contributed by atoms with van der Waals surface area (Å²) >= 11 is 0. The highest BCUT2D eigenvalue weighted by molar-refractivity contribution is 5.72. The Morgan fingerprint density at radius 1 is 1.24 bits per heavy atom. The molecule has 2 aromatic heterocycles. The molecular weight excluding hydrogens is 422 g/mol. The summed E-state index contributed by atoms with van der Waals surface area (Å²) < 4.78 is 23.0. The van der Waals surface area contributed by atoms with Crippen LogP contribution < -0.4 is 15.0 Å². The zero-order valence-corrected chi connectivity index (χ0v) is 18.6. The van der Waals surface area contributed by atoms with Gasteiger partial charge in [-0.3, -0.25) is 4.79 Å². The van der Waals surface area contributed by atoms with E-state index in [0.29, 0.717) is 37.7 Å². The summed E-state index contributed by atoms with van der Waals surface area (Å²) in [4.78, 5) is 19.8. The molecule has 2 aliphatic rings. The summed E-state index contributed by atoms with van der Waals surface area (Å²) in [5, 5.41) is 4.01. The van der Waals surface area contributed by atoms with E-state index in [0.717, 1.165) is 41.2 Å². The first-order valence-electron chi connectivity index (χ1n) is 11.5. The van der Waals surface area contributed by atoms with Gasteiger partial charge < -0.3 is 23.7 Å². The summed E-state index contributed by atoms with van der Waals surface area (Å²) in [7, 11) is 0. The van der Waals surface area contributed by atoms with E-state index >= 15 is 0 Å². The average Bonchev–Trinajstić information content (AvgIpc) is 3.51. The van der Waals surface area contributed by atoms with Gasteiger partial charge in [-0.15, -0.1) is 0 Å². The molecule has 172 valence electrons. The van der Waals surface area contributed by atoms with Crippen LogP contribution in [0, 0.1) is 0 Å². The minimum Gasteiger partial charge on any atom is -0.490 e. The fourth-order valence-electron chi connectivity index (χ4n) is 4.29. The predicted molar refractivity (Wildman–Crippen MR) is 123 cm³/mol. The molecule has 0 radical (unpaired) electrons. The molecule has 1 N–H and O–H groups in total. The van der Waals surface area contributed by atoms with Crippen LogP contribution in [0.4, 0.5) is 0 Å². The number of ether oxygens (including phenoxy) is 3. The Morgan fingerprint density at radius 2 is 2.12 bits per heavy atom. The van der Waals surface area contributed by atoms with Gasteiger partial charge in [0.1, 0.15) is 0 Å². The lowest BCUT2D eigenvalue weighted by Gasteiger charge is -2.18. The highest BCUT2D eigenvalue weighted by atomic mass is 16.5. The molecule has 0 spiro atoms. The molecule has 1 aliphatic carbocycles. The van der Waals surface area contributed by atoms with Crippen LogP contribution in [-0.4, -0.2) is 34.4 Å². The SMILES string of the molecule is CCOc1cccc(/C=C/c2nc(-c3cc4c([nH]c3=O)CCOC4)no2)c1OC1CCCC1. The van der Waals surface area contributed by atoms with E-state index in [2.05, 4.69) is 15.1 Å². The number of aromatic amines is 1. The number of nitrogens with one attached hydrogen (secondary N) is 1. The average molecular weight is 450 g/mol. The van der Waals surface area contributed by atoms with Crippen LogP contribution in [0.5, 0.6) is 11.5 Å². The molecule has 8 nitrogen and oxygen atoms in total. The topological polar surface area (TPSA) is 99.5 Å². The Balaban J connectivity index is 1.41. The number of benzene rings is 1.